The molecular formula is C19H27Cl2FN2O. The van der Waals surface area contributed by atoms with Crippen LogP contribution in [0.25, 0.3) is 0 Å². The summed E-state index contributed by atoms with van der Waals surface area (Å²) in [6, 6.07) is 14.5. The molecule has 2 aromatic rings. The summed E-state index contributed by atoms with van der Waals surface area (Å²) in [6.45, 7) is 6.45. The van der Waals surface area contributed by atoms with Gasteiger partial charge in [-0.1, -0.05) is 31.2 Å². The molecule has 0 unspecified atom stereocenters. The van der Waals surface area contributed by atoms with Gasteiger partial charge in [-0.15, -0.1) is 24.8 Å². The predicted molar refractivity (Wildman–Crippen MR) is 107 cm³/mol. The highest BCUT2D eigenvalue weighted by Crippen LogP contribution is 2.15. The lowest BCUT2D eigenvalue weighted by molar-refractivity contribution is 0.305. The van der Waals surface area contributed by atoms with Gasteiger partial charge in [0, 0.05) is 6.54 Å². The maximum atomic E-state index is 12.9. The summed E-state index contributed by atoms with van der Waals surface area (Å²) in [7, 11) is 0. The van der Waals surface area contributed by atoms with Gasteiger partial charge in [0.05, 0.1) is 0 Å². The summed E-state index contributed by atoms with van der Waals surface area (Å²) in [4.78, 5) is 0. The summed E-state index contributed by atoms with van der Waals surface area (Å²) < 4.78 is 18.6. The second-order valence-corrected chi connectivity index (χ2v) is 5.45. The van der Waals surface area contributed by atoms with Crippen LogP contribution >= 0.6 is 24.8 Å². The van der Waals surface area contributed by atoms with E-state index in [2.05, 4.69) is 23.6 Å². The van der Waals surface area contributed by atoms with Crippen molar-refractivity contribution in [1.82, 2.24) is 10.6 Å². The third-order valence-electron chi connectivity index (χ3n) is 3.50. The highest BCUT2D eigenvalue weighted by atomic mass is 35.5. The molecular weight excluding hydrogens is 362 g/mol. The molecule has 0 fully saturated rings. The first-order valence-electron chi connectivity index (χ1n) is 8.15. The van der Waals surface area contributed by atoms with E-state index >= 15 is 0 Å². The van der Waals surface area contributed by atoms with E-state index in [-0.39, 0.29) is 30.6 Å². The SMILES string of the molecule is CCNCCCNCc1cccc(OCc2ccc(F)cc2)c1.Cl.Cl. The number of hydrogen-bond acceptors (Lipinski definition) is 3. The van der Waals surface area contributed by atoms with E-state index in [9.17, 15) is 4.39 Å². The van der Waals surface area contributed by atoms with E-state index in [0.717, 1.165) is 43.9 Å². The Morgan fingerprint density at radius 2 is 1.64 bits per heavy atom. The van der Waals surface area contributed by atoms with Crippen molar-refractivity contribution in [2.75, 3.05) is 19.6 Å². The summed E-state index contributed by atoms with van der Waals surface area (Å²) in [6.07, 6.45) is 1.12. The molecule has 0 saturated carbocycles. The zero-order chi connectivity index (χ0) is 16.3. The Bertz CT molecular complexity index is 582. The third kappa shape index (κ3) is 9.66. The number of rotatable bonds is 10. The monoisotopic (exact) mass is 388 g/mol. The van der Waals surface area contributed by atoms with Crippen molar-refractivity contribution in [2.24, 2.45) is 0 Å². The van der Waals surface area contributed by atoms with Crippen molar-refractivity contribution in [3.05, 3.63) is 65.5 Å². The Morgan fingerprint density at radius 1 is 0.920 bits per heavy atom. The van der Waals surface area contributed by atoms with Gasteiger partial charge in [0.1, 0.15) is 18.2 Å². The van der Waals surface area contributed by atoms with E-state index in [4.69, 9.17) is 4.74 Å². The zero-order valence-electron chi connectivity index (χ0n) is 14.5. The number of halogens is 3. The molecule has 3 nitrogen and oxygen atoms in total. The van der Waals surface area contributed by atoms with Crippen LogP contribution in [0.3, 0.4) is 0 Å². The minimum absolute atomic E-state index is 0. The maximum absolute atomic E-state index is 12.9. The summed E-state index contributed by atoms with van der Waals surface area (Å²) in [5.41, 5.74) is 2.16. The van der Waals surface area contributed by atoms with Gasteiger partial charge >= 0.3 is 0 Å². The topological polar surface area (TPSA) is 33.3 Å². The van der Waals surface area contributed by atoms with Gasteiger partial charge in [-0.25, -0.2) is 4.39 Å². The Morgan fingerprint density at radius 3 is 2.36 bits per heavy atom. The molecule has 2 N–H and O–H groups in total. The molecule has 0 heterocycles. The summed E-state index contributed by atoms with van der Waals surface area (Å²) in [5.74, 6) is 0.609. The fourth-order valence-electron chi connectivity index (χ4n) is 2.24. The number of hydrogen-bond donors (Lipinski definition) is 2. The fourth-order valence-corrected chi connectivity index (χ4v) is 2.24. The van der Waals surface area contributed by atoms with Crippen LogP contribution in [0.4, 0.5) is 4.39 Å². The molecule has 6 heteroatoms. The molecule has 0 aliphatic heterocycles. The Balaban J connectivity index is 0.00000288. The van der Waals surface area contributed by atoms with E-state index in [0.29, 0.717) is 6.61 Å². The van der Waals surface area contributed by atoms with E-state index < -0.39 is 0 Å². The van der Waals surface area contributed by atoms with Crippen LogP contribution in [0.5, 0.6) is 5.75 Å². The number of nitrogens with one attached hydrogen (secondary N) is 2. The zero-order valence-corrected chi connectivity index (χ0v) is 16.1. The van der Waals surface area contributed by atoms with Crippen molar-refractivity contribution in [3.63, 3.8) is 0 Å². The van der Waals surface area contributed by atoms with Gasteiger partial charge in [0.15, 0.2) is 0 Å². The smallest absolute Gasteiger partial charge is 0.123 e. The first kappa shape index (κ1) is 23.7. The fraction of sp³-hybridized carbons (Fsp3) is 0.368. The van der Waals surface area contributed by atoms with Gasteiger partial charge in [-0.2, -0.15) is 0 Å². The molecule has 0 amide bonds. The lowest BCUT2D eigenvalue weighted by Crippen LogP contribution is -2.21. The minimum Gasteiger partial charge on any atom is -0.489 e. The standard InChI is InChI=1S/C19H25FN2O.2ClH/c1-2-21-11-4-12-22-14-17-5-3-6-19(13-17)23-15-16-7-9-18(20)10-8-16;;/h3,5-10,13,21-22H,2,4,11-12,14-15H2,1H3;2*1H. The average molecular weight is 389 g/mol. The van der Waals surface area contributed by atoms with Crippen LogP contribution in [-0.4, -0.2) is 19.6 Å². The molecule has 140 valence electrons. The van der Waals surface area contributed by atoms with Gasteiger partial charge < -0.3 is 15.4 Å². The van der Waals surface area contributed by atoms with Crippen molar-refractivity contribution >= 4 is 24.8 Å². The van der Waals surface area contributed by atoms with E-state index in [1.54, 1.807) is 12.1 Å². The molecule has 2 rings (SSSR count). The second-order valence-electron chi connectivity index (χ2n) is 5.45. The molecule has 0 spiro atoms. The van der Waals surface area contributed by atoms with Crippen LogP contribution in [0.15, 0.2) is 48.5 Å². The van der Waals surface area contributed by atoms with Gasteiger partial charge in [-0.3, -0.25) is 0 Å². The van der Waals surface area contributed by atoms with Crippen LogP contribution < -0.4 is 15.4 Å². The van der Waals surface area contributed by atoms with Crippen molar-refractivity contribution in [2.45, 2.75) is 26.5 Å². The predicted octanol–water partition coefficient (Wildman–Crippen LogP) is 4.34. The second kappa shape index (κ2) is 13.9. The first-order chi connectivity index (χ1) is 11.3. The summed E-state index contributed by atoms with van der Waals surface area (Å²) >= 11 is 0. The van der Waals surface area contributed by atoms with Crippen LogP contribution in [0.2, 0.25) is 0 Å². The van der Waals surface area contributed by atoms with Crippen LogP contribution in [-0.2, 0) is 13.2 Å². The van der Waals surface area contributed by atoms with Gasteiger partial charge in [0.2, 0.25) is 0 Å². The molecule has 2 aromatic carbocycles. The molecule has 0 aliphatic rings. The highest BCUT2D eigenvalue weighted by molar-refractivity contribution is 5.85. The quantitative estimate of drug-likeness (QED) is 0.594. The number of ether oxygens (including phenoxy) is 1. The molecule has 0 radical (unpaired) electrons. The van der Waals surface area contributed by atoms with Crippen molar-refractivity contribution in [1.29, 1.82) is 0 Å². The molecule has 0 saturated heterocycles. The Labute approximate surface area is 162 Å². The van der Waals surface area contributed by atoms with Crippen LogP contribution in [0.1, 0.15) is 24.5 Å². The molecule has 0 aromatic heterocycles. The third-order valence-corrected chi connectivity index (χ3v) is 3.50. The molecule has 0 aliphatic carbocycles. The summed E-state index contributed by atoms with van der Waals surface area (Å²) in [5, 5.41) is 6.74. The minimum atomic E-state index is -0.226. The Kier molecular flexibility index (Phi) is 13.2. The van der Waals surface area contributed by atoms with Crippen LogP contribution in [0, 0.1) is 5.82 Å². The first-order valence-corrected chi connectivity index (χ1v) is 8.15. The largest absolute Gasteiger partial charge is 0.489 e. The maximum Gasteiger partial charge on any atom is 0.123 e. The van der Waals surface area contributed by atoms with Gasteiger partial charge in [0.25, 0.3) is 0 Å². The van der Waals surface area contributed by atoms with Crippen molar-refractivity contribution < 1.29 is 9.13 Å². The van der Waals surface area contributed by atoms with E-state index in [1.807, 2.05) is 18.2 Å². The van der Waals surface area contributed by atoms with E-state index in [1.165, 1.54) is 17.7 Å². The lowest BCUT2D eigenvalue weighted by Gasteiger charge is -2.09. The average Bonchev–Trinajstić information content (AvgIpc) is 2.58. The molecule has 0 bridgehead atoms. The lowest BCUT2D eigenvalue weighted by atomic mass is 10.2. The highest BCUT2D eigenvalue weighted by Gasteiger charge is 1.99. The molecule has 25 heavy (non-hydrogen) atoms. The number of benzene rings is 2. The molecule has 0 atom stereocenters. The normalized spacial score (nSPS) is 9.84. The Hall–Kier alpha value is -1.33. The van der Waals surface area contributed by atoms with Gasteiger partial charge in [-0.05, 0) is 61.4 Å². The van der Waals surface area contributed by atoms with Crippen molar-refractivity contribution in [3.8, 4) is 5.75 Å².